The van der Waals surface area contributed by atoms with Crippen LogP contribution in [0.25, 0.3) is 0 Å². The van der Waals surface area contributed by atoms with E-state index in [1.54, 1.807) is 24.3 Å². The predicted octanol–water partition coefficient (Wildman–Crippen LogP) is 3.61. The maximum absolute atomic E-state index is 12.6. The zero-order valence-corrected chi connectivity index (χ0v) is 11.0. The second kappa shape index (κ2) is 6.05. The maximum Gasteiger partial charge on any atom is 0.416 e. The zero-order chi connectivity index (χ0) is 15.5. The van der Waals surface area contributed by atoms with Gasteiger partial charge in [-0.05, 0) is 36.2 Å². The Kier molecular flexibility index (Phi) is 4.37. The van der Waals surface area contributed by atoms with Gasteiger partial charge in [-0.25, -0.2) is 0 Å². The van der Waals surface area contributed by atoms with Crippen molar-refractivity contribution in [2.75, 3.05) is 12.3 Å². The summed E-state index contributed by atoms with van der Waals surface area (Å²) in [4.78, 5) is 0. The highest BCUT2D eigenvalue weighted by Crippen LogP contribution is 2.36. The molecular weight excluding hydrogens is 283 g/mol. The lowest BCUT2D eigenvalue weighted by Crippen LogP contribution is -2.06. The Hall–Kier alpha value is -2.21. The fourth-order valence-corrected chi connectivity index (χ4v) is 1.87. The van der Waals surface area contributed by atoms with Gasteiger partial charge in [0.2, 0.25) is 0 Å². The van der Waals surface area contributed by atoms with Gasteiger partial charge in [0, 0.05) is 6.61 Å². The summed E-state index contributed by atoms with van der Waals surface area (Å²) < 4.78 is 43.3. The van der Waals surface area contributed by atoms with Crippen LogP contribution >= 0.6 is 0 Å². The Bertz CT molecular complexity index is 627. The Labute approximate surface area is 119 Å². The van der Waals surface area contributed by atoms with E-state index >= 15 is 0 Å². The van der Waals surface area contributed by atoms with Gasteiger partial charge in [-0.3, -0.25) is 0 Å². The Morgan fingerprint density at radius 1 is 1.05 bits per heavy atom. The molecule has 0 unspecified atom stereocenters. The van der Waals surface area contributed by atoms with Crippen LogP contribution in [0.3, 0.4) is 0 Å². The number of alkyl halides is 3. The van der Waals surface area contributed by atoms with Crippen molar-refractivity contribution in [2.24, 2.45) is 0 Å². The molecule has 0 amide bonds. The highest BCUT2D eigenvalue weighted by atomic mass is 19.4. The molecule has 3 N–H and O–H groups in total. The number of rotatable bonds is 4. The molecule has 0 bridgehead atoms. The number of hydrogen-bond acceptors (Lipinski definition) is 3. The van der Waals surface area contributed by atoms with Gasteiger partial charge in [0.15, 0.2) is 0 Å². The van der Waals surface area contributed by atoms with Gasteiger partial charge >= 0.3 is 6.18 Å². The molecule has 2 rings (SSSR count). The number of nitrogen functional groups attached to an aromatic ring is 1. The van der Waals surface area contributed by atoms with Crippen molar-refractivity contribution in [3.8, 4) is 11.5 Å². The van der Waals surface area contributed by atoms with Crippen LogP contribution in [0.1, 0.15) is 11.1 Å². The molecule has 0 aromatic heterocycles. The SMILES string of the molecule is Nc1cc(C(F)(F)F)ccc1Oc1ccccc1CCO. The first-order valence-electron chi connectivity index (χ1n) is 6.25. The quantitative estimate of drug-likeness (QED) is 0.848. The lowest BCUT2D eigenvalue weighted by molar-refractivity contribution is -0.137. The third-order valence-corrected chi connectivity index (χ3v) is 2.91. The molecule has 0 heterocycles. The maximum atomic E-state index is 12.6. The summed E-state index contributed by atoms with van der Waals surface area (Å²) in [5, 5.41) is 8.99. The monoisotopic (exact) mass is 297 g/mol. The fraction of sp³-hybridized carbons (Fsp3) is 0.200. The van der Waals surface area contributed by atoms with Crippen LogP contribution in [0, 0.1) is 0 Å². The molecule has 0 aliphatic rings. The molecule has 0 spiro atoms. The molecule has 2 aromatic carbocycles. The Morgan fingerprint density at radius 3 is 2.38 bits per heavy atom. The molecule has 0 aliphatic heterocycles. The number of aliphatic hydroxyl groups is 1. The topological polar surface area (TPSA) is 55.5 Å². The first-order chi connectivity index (χ1) is 9.91. The molecular formula is C15H14F3NO2. The summed E-state index contributed by atoms with van der Waals surface area (Å²) in [5.41, 5.74) is 5.45. The molecule has 0 atom stereocenters. The fourth-order valence-electron chi connectivity index (χ4n) is 1.87. The summed E-state index contributed by atoms with van der Waals surface area (Å²) >= 11 is 0. The van der Waals surface area contributed by atoms with Crippen LogP contribution in [0.15, 0.2) is 42.5 Å². The molecule has 0 fully saturated rings. The van der Waals surface area contributed by atoms with Gasteiger partial charge in [0.1, 0.15) is 11.5 Å². The van der Waals surface area contributed by atoms with Crippen molar-refractivity contribution in [3.63, 3.8) is 0 Å². The van der Waals surface area contributed by atoms with Crippen molar-refractivity contribution >= 4 is 5.69 Å². The van der Waals surface area contributed by atoms with E-state index in [0.29, 0.717) is 12.2 Å². The van der Waals surface area contributed by atoms with Crippen LogP contribution in [0.2, 0.25) is 0 Å². The first kappa shape index (κ1) is 15.2. The van der Waals surface area contributed by atoms with E-state index in [2.05, 4.69) is 0 Å². The Balaban J connectivity index is 2.28. The summed E-state index contributed by atoms with van der Waals surface area (Å²) in [7, 11) is 0. The second-order valence-corrected chi connectivity index (χ2v) is 4.43. The van der Waals surface area contributed by atoms with E-state index in [1.807, 2.05) is 0 Å². The van der Waals surface area contributed by atoms with E-state index in [-0.39, 0.29) is 18.0 Å². The molecule has 0 saturated heterocycles. The van der Waals surface area contributed by atoms with Crippen molar-refractivity contribution in [2.45, 2.75) is 12.6 Å². The van der Waals surface area contributed by atoms with E-state index in [9.17, 15) is 13.2 Å². The highest BCUT2D eigenvalue weighted by molar-refractivity contribution is 5.56. The van der Waals surface area contributed by atoms with Crippen LogP contribution in [0.5, 0.6) is 11.5 Å². The molecule has 0 saturated carbocycles. The third kappa shape index (κ3) is 3.66. The average Bonchev–Trinajstić information content (AvgIpc) is 2.42. The summed E-state index contributed by atoms with van der Waals surface area (Å²) in [6.07, 6.45) is -4.06. The van der Waals surface area contributed by atoms with Crippen molar-refractivity contribution in [1.82, 2.24) is 0 Å². The van der Waals surface area contributed by atoms with Crippen molar-refractivity contribution < 1.29 is 23.0 Å². The van der Waals surface area contributed by atoms with Gasteiger partial charge in [-0.1, -0.05) is 18.2 Å². The minimum atomic E-state index is -4.44. The number of halogens is 3. The summed E-state index contributed by atoms with van der Waals surface area (Å²) in [6, 6.07) is 9.90. The summed E-state index contributed by atoms with van der Waals surface area (Å²) in [5.74, 6) is 0.603. The molecule has 0 radical (unpaired) electrons. The lowest BCUT2D eigenvalue weighted by Gasteiger charge is -2.14. The standard InChI is InChI=1S/C15H14F3NO2/c16-15(17,18)11-5-6-14(12(19)9-11)21-13-4-2-1-3-10(13)7-8-20/h1-6,9,20H,7-8,19H2. The van der Waals surface area contributed by atoms with Gasteiger partial charge in [0.25, 0.3) is 0 Å². The number of anilines is 1. The van der Waals surface area contributed by atoms with Crippen molar-refractivity contribution in [1.29, 1.82) is 0 Å². The third-order valence-electron chi connectivity index (χ3n) is 2.91. The highest BCUT2D eigenvalue weighted by Gasteiger charge is 2.31. The number of para-hydroxylation sites is 1. The smallest absolute Gasteiger partial charge is 0.416 e. The molecule has 6 heteroatoms. The van der Waals surface area contributed by atoms with Gasteiger partial charge in [-0.2, -0.15) is 13.2 Å². The van der Waals surface area contributed by atoms with Crippen LogP contribution in [0.4, 0.5) is 18.9 Å². The Morgan fingerprint density at radius 2 is 1.76 bits per heavy atom. The molecule has 21 heavy (non-hydrogen) atoms. The van der Waals surface area contributed by atoms with E-state index < -0.39 is 11.7 Å². The normalized spacial score (nSPS) is 11.4. The van der Waals surface area contributed by atoms with E-state index in [1.165, 1.54) is 6.07 Å². The molecule has 3 nitrogen and oxygen atoms in total. The minimum absolute atomic E-state index is 0.0527. The number of nitrogens with two attached hydrogens (primary N) is 1. The van der Waals surface area contributed by atoms with E-state index in [0.717, 1.165) is 17.7 Å². The average molecular weight is 297 g/mol. The number of ether oxygens (including phenoxy) is 1. The van der Waals surface area contributed by atoms with Crippen LogP contribution in [-0.2, 0) is 12.6 Å². The summed E-state index contributed by atoms with van der Waals surface area (Å²) in [6.45, 7) is -0.0527. The zero-order valence-electron chi connectivity index (χ0n) is 11.0. The lowest BCUT2D eigenvalue weighted by atomic mass is 10.1. The van der Waals surface area contributed by atoms with Gasteiger partial charge in [0.05, 0.1) is 11.3 Å². The molecule has 112 valence electrons. The van der Waals surface area contributed by atoms with Crippen LogP contribution in [-0.4, -0.2) is 11.7 Å². The van der Waals surface area contributed by atoms with Gasteiger partial charge in [-0.15, -0.1) is 0 Å². The number of hydrogen-bond donors (Lipinski definition) is 2. The second-order valence-electron chi connectivity index (χ2n) is 4.43. The van der Waals surface area contributed by atoms with Gasteiger partial charge < -0.3 is 15.6 Å². The largest absolute Gasteiger partial charge is 0.455 e. The van der Waals surface area contributed by atoms with Crippen molar-refractivity contribution in [3.05, 3.63) is 53.6 Å². The predicted molar refractivity (Wildman–Crippen MR) is 73.2 cm³/mol. The number of aliphatic hydroxyl groups excluding tert-OH is 1. The molecule has 0 aliphatic carbocycles. The minimum Gasteiger partial charge on any atom is -0.455 e. The number of benzene rings is 2. The molecule has 2 aromatic rings. The first-order valence-corrected chi connectivity index (χ1v) is 6.25. The van der Waals surface area contributed by atoms with Crippen LogP contribution < -0.4 is 10.5 Å². The van der Waals surface area contributed by atoms with E-state index in [4.69, 9.17) is 15.6 Å².